The van der Waals surface area contributed by atoms with Crippen LogP contribution in [0, 0.1) is 5.82 Å². The minimum absolute atomic E-state index is 0. The molecule has 0 saturated heterocycles. The molecule has 0 aromatic heterocycles. The minimum Gasteiger partial charge on any atom is -0.357 e. The topological polar surface area (TPSA) is 96.6 Å². The van der Waals surface area contributed by atoms with Crippen molar-refractivity contribution in [2.45, 2.75) is 24.8 Å². The fourth-order valence-corrected chi connectivity index (χ4v) is 2.93. The van der Waals surface area contributed by atoms with E-state index in [0.717, 1.165) is 5.56 Å². The molecule has 4 N–H and O–H groups in total. The Bertz CT molecular complexity index is 875. The first-order chi connectivity index (χ1) is 12.4. The molecular formula is C18H24FIN4O2S. The van der Waals surface area contributed by atoms with Gasteiger partial charge in [-0.15, -0.1) is 24.0 Å². The molecule has 148 valence electrons. The van der Waals surface area contributed by atoms with Gasteiger partial charge in [0.2, 0.25) is 10.0 Å². The maximum absolute atomic E-state index is 13.6. The summed E-state index contributed by atoms with van der Waals surface area (Å²) in [5, 5.41) is 11.4. The number of benzene rings is 2. The molecule has 0 saturated carbocycles. The molecule has 2 rings (SSSR count). The van der Waals surface area contributed by atoms with Crippen LogP contribution in [-0.4, -0.2) is 27.5 Å². The average Bonchev–Trinajstić information content (AvgIpc) is 2.61. The van der Waals surface area contributed by atoms with Gasteiger partial charge in [0, 0.05) is 13.1 Å². The molecular weight excluding hydrogens is 482 g/mol. The molecule has 9 heteroatoms. The fraction of sp³-hybridized carbons (Fsp3) is 0.278. The Kier molecular flexibility index (Phi) is 9.67. The van der Waals surface area contributed by atoms with Gasteiger partial charge in [0.15, 0.2) is 5.96 Å². The predicted molar refractivity (Wildman–Crippen MR) is 116 cm³/mol. The summed E-state index contributed by atoms with van der Waals surface area (Å²) >= 11 is 0. The molecule has 0 radical (unpaired) electrons. The molecule has 27 heavy (non-hydrogen) atoms. The van der Waals surface area contributed by atoms with Crippen LogP contribution < -0.4 is 15.8 Å². The van der Waals surface area contributed by atoms with Crippen LogP contribution in [0.25, 0.3) is 0 Å². The molecule has 0 amide bonds. The summed E-state index contributed by atoms with van der Waals surface area (Å²) in [6.45, 7) is 3.42. The molecule has 6 nitrogen and oxygen atoms in total. The summed E-state index contributed by atoms with van der Waals surface area (Å²) in [5.41, 5.74) is 1.36. The van der Waals surface area contributed by atoms with Crippen molar-refractivity contribution in [3.05, 3.63) is 65.5 Å². The highest BCUT2D eigenvalue weighted by atomic mass is 127. The first-order valence-electron chi connectivity index (χ1n) is 8.27. The summed E-state index contributed by atoms with van der Waals surface area (Å²) in [5.74, 6) is 0.348. The van der Waals surface area contributed by atoms with E-state index in [1.54, 1.807) is 30.3 Å². The van der Waals surface area contributed by atoms with Gasteiger partial charge in [-0.25, -0.2) is 22.9 Å². The number of primary sulfonamides is 1. The van der Waals surface area contributed by atoms with Crippen LogP contribution >= 0.6 is 24.0 Å². The Hall–Kier alpha value is -1.72. The maximum Gasteiger partial charge on any atom is 0.238 e. The summed E-state index contributed by atoms with van der Waals surface area (Å²) in [7, 11) is -3.74. The summed E-state index contributed by atoms with van der Waals surface area (Å²) in [4.78, 5) is 4.48. The highest BCUT2D eigenvalue weighted by Gasteiger charge is 2.08. The number of guanidine groups is 1. The van der Waals surface area contributed by atoms with E-state index in [2.05, 4.69) is 15.6 Å². The van der Waals surface area contributed by atoms with E-state index in [1.807, 2.05) is 6.92 Å². The molecule has 0 spiro atoms. The molecule has 2 aromatic rings. The molecule has 0 aliphatic rings. The van der Waals surface area contributed by atoms with Gasteiger partial charge in [-0.05, 0) is 42.7 Å². The zero-order chi connectivity index (χ0) is 19.0. The van der Waals surface area contributed by atoms with Gasteiger partial charge in [0.1, 0.15) is 5.82 Å². The number of nitrogens with zero attached hydrogens (tertiary/aromatic N) is 1. The number of nitrogens with two attached hydrogens (primary N) is 1. The van der Waals surface area contributed by atoms with Gasteiger partial charge in [-0.3, -0.25) is 0 Å². The average molecular weight is 506 g/mol. The Labute approximate surface area is 176 Å². The second-order valence-corrected chi connectivity index (χ2v) is 7.22. The maximum atomic E-state index is 13.6. The standard InChI is InChI=1S/C18H23FN4O2S.HI/c1-2-21-18(22-11-10-15-7-3-4-9-17(15)19)23-13-14-6-5-8-16(12-14)26(20,24)25;/h3-9,12H,2,10-11,13H2,1H3,(H2,20,24,25)(H2,21,22,23);1H. The number of hydrogen-bond acceptors (Lipinski definition) is 3. The first kappa shape index (κ1) is 23.3. The van der Waals surface area contributed by atoms with Crippen molar-refractivity contribution < 1.29 is 12.8 Å². The molecule has 0 heterocycles. The van der Waals surface area contributed by atoms with Crippen LogP contribution in [0.3, 0.4) is 0 Å². The molecule has 2 aromatic carbocycles. The Morgan fingerprint density at radius 2 is 1.89 bits per heavy atom. The van der Waals surface area contributed by atoms with Crippen molar-refractivity contribution in [1.82, 2.24) is 10.6 Å². The highest BCUT2D eigenvalue weighted by molar-refractivity contribution is 14.0. The van der Waals surface area contributed by atoms with Crippen molar-refractivity contribution in [1.29, 1.82) is 0 Å². The van der Waals surface area contributed by atoms with Gasteiger partial charge in [0.05, 0.1) is 11.4 Å². The number of rotatable bonds is 7. The van der Waals surface area contributed by atoms with Gasteiger partial charge >= 0.3 is 0 Å². The zero-order valence-corrected chi connectivity index (χ0v) is 18.1. The van der Waals surface area contributed by atoms with E-state index in [9.17, 15) is 12.8 Å². The van der Waals surface area contributed by atoms with Crippen molar-refractivity contribution in [3.8, 4) is 0 Å². The highest BCUT2D eigenvalue weighted by Crippen LogP contribution is 2.10. The van der Waals surface area contributed by atoms with Gasteiger partial charge in [-0.2, -0.15) is 0 Å². The molecule has 0 unspecified atom stereocenters. The summed E-state index contributed by atoms with van der Waals surface area (Å²) in [6.07, 6.45) is 0.526. The zero-order valence-electron chi connectivity index (χ0n) is 15.0. The van der Waals surface area contributed by atoms with Crippen molar-refractivity contribution >= 4 is 40.0 Å². The van der Waals surface area contributed by atoms with E-state index < -0.39 is 10.0 Å². The van der Waals surface area contributed by atoms with Crippen LogP contribution in [0.4, 0.5) is 4.39 Å². The lowest BCUT2D eigenvalue weighted by Gasteiger charge is -2.12. The number of aliphatic imine (C=N–C) groups is 1. The number of nitrogens with one attached hydrogen (secondary N) is 2. The third-order valence-electron chi connectivity index (χ3n) is 3.64. The first-order valence-corrected chi connectivity index (χ1v) is 9.82. The van der Waals surface area contributed by atoms with E-state index in [-0.39, 0.29) is 34.7 Å². The lowest BCUT2D eigenvalue weighted by atomic mass is 10.1. The lowest BCUT2D eigenvalue weighted by Crippen LogP contribution is -2.38. The van der Waals surface area contributed by atoms with E-state index in [1.165, 1.54) is 18.2 Å². The monoisotopic (exact) mass is 506 g/mol. The molecule has 0 bridgehead atoms. The lowest BCUT2D eigenvalue weighted by molar-refractivity contribution is 0.597. The van der Waals surface area contributed by atoms with Crippen LogP contribution in [0.1, 0.15) is 18.1 Å². The fourth-order valence-electron chi connectivity index (χ4n) is 2.35. The second kappa shape index (κ2) is 11.2. The third kappa shape index (κ3) is 7.81. The second-order valence-electron chi connectivity index (χ2n) is 5.66. The Morgan fingerprint density at radius 3 is 2.56 bits per heavy atom. The predicted octanol–water partition coefficient (Wildman–Crippen LogP) is 2.39. The molecule has 0 fully saturated rings. The van der Waals surface area contributed by atoms with Gasteiger partial charge in [0.25, 0.3) is 0 Å². The molecule has 0 atom stereocenters. The van der Waals surface area contributed by atoms with E-state index >= 15 is 0 Å². The van der Waals surface area contributed by atoms with Crippen LogP contribution in [-0.2, 0) is 23.0 Å². The van der Waals surface area contributed by atoms with E-state index in [0.29, 0.717) is 37.6 Å². The number of sulfonamides is 1. The van der Waals surface area contributed by atoms with Crippen LogP contribution in [0.2, 0.25) is 0 Å². The summed E-state index contributed by atoms with van der Waals surface area (Å²) < 4.78 is 36.5. The Morgan fingerprint density at radius 1 is 1.15 bits per heavy atom. The minimum atomic E-state index is -3.74. The van der Waals surface area contributed by atoms with Crippen molar-refractivity contribution in [2.24, 2.45) is 10.1 Å². The quantitative estimate of drug-likeness (QED) is 0.305. The third-order valence-corrected chi connectivity index (χ3v) is 4.55. The van der Waals surface area contributed by atoms with Crippen LogP contribution in [0.15, 0.2) is 58.4 Å². The smallest absolute Gasteiger partial charge is 0.238 e. The van der Waals surface area contributed by atoms with E-state index in [4.69, 9.17) is 5.14 Å². The summed E-state index contributed by atoms with van der Waals surface area (Å²) in [6, 6.07) is 13.0. The molecule has 0 aliphatic heterocycles. The van der Waals surface area contributed by atoms with Gasteiger partial charge < -0.3 is 10.6 Å². The Balaban J connectivity index is 0.00000364. The largest absolute Gasteiger partial charge is 0.357 e. The number of halogens is 2. The van der Waals surface area contributed by atoms with Crippen molar-refractivity contribution in [3.63, 3.8) is 0 Å². The normalized spacial score (nSPS) is 11.6. The number of hydrogen-bond donors (Lipinski definition) is 3. The van der Waals surface area contributed by atoms with Crippen LogP contribution in [0.5, 0.6) is 0 Å². The van der Waals surface area contributed by atoms with Crippen molar-refractivity contribution in [2.75, 3.05) is 13.1 Å². The molecule has 0 aliphatic carbocycles. The SMILES string of the molecule is CCNC(=NCc1cccc(S(N)(=O)=O)c1)NCCc1ccccc1F.I. The van der Waals surface area contributed by atoms with Gasteiger partial charge in [-0.1, -0.05) is 30.3 Å².